The molecule has 0 bridgehead atoms. The Morgan fingerprint density at radius 1 is 1.27 bits per heavy atom. The summed E-state index contributed by atoms with van der Waals surface area (Å²) in [7, 11) is 2.05. The largest absolute Gasteiger partial charge is 0.494 e. The minimum absolute atomic E-state index is 0. The maximum Gasteiger partial charge on any atom is 0.194 e. The number of hydrogen-bond donors (Lipinski definition) is 1. The monoisotopic (exact) mass is 488 g/mol. The SMILES string of the molecule is CCNC(=NCCCCOc1ccccc1)N(C)Cc1csc(C)n1.I. The van der Waals surface area contributed by atoms with E-state index in [4.69, 9.17) is 9.73 Å². The van der Waals surface area contributed by atoms with Crippen LogP contribution in [-0.2, 0) is 6.54 Å². The number of hydrogen-bond acceptors (Lipinski definition) is 4. The predicted octanol–water partition coefficient (Wildman–Crippen LogP) is 4.33. The minimum atomic E-state index is 0. The van der Waals surface area contributed by atoms with Gasteiger partial charge in [-0.05, 0) is 38.8 Å². The van der Waals surface area contributed by atoms with Crippen LogP contribution in [0.3, 0.4) is 0 Å². The molecule has 0 spiro atoms. The van der Waals surface area contributed by atoms with Gasteiger partial charge in [0.15, 0.2) is 5.96 Å². The van der Waals surface area contributed by atoms with Gasteiger partial charge < -0.3 is 15.0 Å². The first-order chi connectivity index (χ1) is 12.2. The fourth-order valence-corrected chi connectivity index (χ4v) is 2.98. The molecule has 26 heavy (non-hydrogen) atoms. The Balaban J connectivity index is 0.00000338. The number of aromatic nitrogens is 1. The summed E-state index contributed by atoms with van der Waals surface area (Å²) in [6.45, 7) is 7.27. The van der Waals surface area contributed by atoms with Gasteiger partial charge in [0, 0.05) is 25.5 Å². The number of rotatable bonds is 9. The zero-order valence-corrected chi connectivity index (χ0v) is 18.9. The van der Waals surface area contributed by atoms with Crippen LogP contribution < -0.4 is 10.1 Å². The summed E-state index contributed by atoms with van der Waals surface area (Å²) in [5.41, 5.74) is 1.09. The van der Waals surface area contributed by atoms with Gasteiger partial charge in [0.05, 0.1) is 23.9 Å². The van der Waals surface area contributed by atoms with Crippen LogP contribution >= 0.6 is 35.3 Å². The molecular weight excluding hydrogens is 459 g/mol. The maximum absolute atomic E-state index is 5.71. The number of guanidine groups is 1. The van der Waals surface area contributed by atoms with Gasteiger partial charge in [-0.3, -0.25) is 4.99 Å². The van der Waals surface area contributed by atoms with E-state index in [0.717, 1.165) is 61.5 Å². The van der Waals surface area contributed by atoms with Crippen LogP contribution in [0.4, 0.5) is 0 Å². The molecule has 1 aromatic heterocycles. The van der Waals surface area contributed by atoms with Crippen LogP contribution in [0.5, 0.6) is 5.75 Å². The van der Waals surface area contributed by atoms with Gasteiger partial charge >= 0.3 is 0 Å². The lowest BCUT2D eigenvalue weighted by Crippen LogP contribution is -2.38. The van der Waals surface area contributed by atoms with E-state index in [1.807, 2.05) is 37.3 Å². The molecule has 0 amide bonds. The van der Waals surface area contributed by atoms with Gasteiger partial charge in [-0.15, -0.1) is 35.3 Å². The number of halogens is 1. The first-order valence-corrected chi connectivity index (χ1v) is 9.65. The summed E-state index contributed by atoms with van der Waals surface area (Å²) >= 11 is 1.68. The Morgan fingerprint density at radius 3 is 2.69 bits per heavy atom. The zero-order valence-electron chi connectivity index (χ0n) is 15.8. The number of aryl methyl sites for hydroxylation is 1. The molecule has 0 fully saturated rings. The standard InChI is InChI=1S/C19H28N4OS.HI/c1-4-20-19(23(3)14-17-15-25-16(2)22-17)21-12-8-9-13-24-18-10-6-5-7-11-18;/h5-7,10-11,15H,4,8-9,12-14H2,1-3H3,(H,20,21);1H. The topological polar surface area (TPSA) is 49.8 Å². The molecule has 0 saturated heterocycles. The highest BCUT2D eigenvalue weighted by Crippen LogP contribution is 2.10. The summed E-state index contributed by atoms with van der Waals surface area (Å²) in [6.07, 6.45) is 2.00. The predicted molar refractivity (Wildman–Crippen MR) is 121 cm³/mol. The highest BCUT2D eigenvalue weighted by atomic mass is 127. The molecule has 0 aliphatic carbocycles. The second-order valence-electron chi connectivity index (χ2n) is 5.82. The van der Waals surface area contributed by atoms with E-state index in [0.29, 0.717) is 0 Å². The second kappa shape index (κ2) is 12.9. The molecule has 144 valence electrons. The summed E-state index contributed by atoms with van der Waals surface area (Å²) in [5, 5.41) is 6.55. The normalized spacial score (nSPS) is 11.0. The molecule has 5 nitrogen and oxygen atoms in total. The number of ether oxygens (including phenoxy) is 1. The first kappa shape index (κ1) is 22.7. The van der Waals surface area contributed by atoms with Gasteiger partial charge in [-0.25, -0.2) is 4.98 Å². The van der Waals surface area contributed by atoms with E-state index in [-0.39, 0.29) is 24.0 Å². The maximum atomic E-state index is 5.71. The zero-order chi connectivity index (χ0) is 17.9. The lowest BCUT2D eigenvalue weighted by atomic mass is 10.3. The molecule has 2 rings (SSSR count). The Kier molecular flexibility index (Phi) is 11.3. The molecular formula is C19H29IN4OS. The van der Waals surface area contributed by atoms with Crippen molar-refractivity contribution < 1.29 is 4.74 Å². The molecule has 1 N–H and O–H groups in total. The van der Waals surface area contributed by atoms with Gasteiger partial charge in [0.1, 0.15) is 5.75 Å². The van der Waals surface area contributed by atoms with E-state index < -0.39 is 0 Å². The Morgan fingerprint density at radius 2 is 2.04 bits per heavy atom. The van der Waals surface area contributed by atoms with Crippen molar-refractivity contribution in [2.75, 3.05) is 26.7 Å². The quantitative estimate of drug-likeness (QED) is 0.247. The van der Waals surface area contributed by atoms with Crippen molar-refractivity contribution >= 4 is 41.3 Å². The van der Waals surface area contributed by atoms with Gasteiger partial charge in [0.2, 0.25) is 0 Å². The molecule has 1 heterocycles. The number of unbranched alkanes of at least 4 members (excludes halogenated alkanes) is 1. The smallest absolute Gasteiger partial charge is 0.194 e. The van der Waals surface area contributed by atoms with E-state index in [1.54, 1.807) is 11.3 Å². The van der Waals surface area contributed by atoms with Crippen LogP contribution in [0.15, 0.2) is 40.7 Å². The van der Waals surface area contributed by atoms with Crippen molar-refractivity contribution in [1.29, 1.82) is 0 Å². The van der Waals surface area contributed by atoms with Crippen LogP contribution in [-0.4, -0.2) is 42.6 Å². The molecule has 1 aromatic carbocycles. The Hall–Kier alpha value is -1.35. The third-order valence-electron chi connectivity index (χ3n) is 3.59. The van der Waals surface area contributed by atoms with Crippen molar-refractivity contribution in [3.05, 3.63) is 46.4 Å². The van der Waals surface area contributed by atoms with E-state index in [9.17, 15) is 0 Å². The van der Waals surface area contributed by atoms with Crippen molar-refractivity contribution in [2.45, 2.75) is 33.2 Å². The van der Waals surface area contributed by atoms with Gasteiger partial charge in [0.25, 0.3) is 0 Å². The number of nitrogens with one attached hydrogen (secondary N) is 1. The molecule has 7 heteroatoms. The molecule has 0 radical (unpaired) electrons. The van der Waals surface area contributed by atoms with E-state index in [2.05, 4.69) is 34.6 Å². The number of para-hydroxylation sites is 1. The highest BCUT2D eigenvalue weighted by molar-refractivity contribution is 14.0. The summed E-state index contributed by atoms with van der Waals surface area (Å²) in [6, 6.07) is 9.93. The number of aliphatic imine (C=N–C) groups is 1. The molecule has 0 atom stereocenters. The Labute approximate surface area is 177 Å². The summed E-state index contributed by atoms with van der Waals surface area (Å²) < 4.78 is 5.71. The van der Waals surface area contributed by atoms with Crippen molar-refractivity contribution in [2.24, 2.45) is 4.99 Å². The van der Waals surface area contributed by atoms with Crippen LogP contribution in [0, 0.1) is 6.92 Å². The van der Waals surface area contributed by atoms with Gasteiger partial charge in [-0.2, -0.15) is 0 Å². The Bertz CT molecular complexity index is 648. The number of thiazole rings is 1. The van der Waals surface area contributed by atoms with Crippen molar-refractivity contribution in [1.82, 2.24) is 15.2 Å². The van der Waals surface area contributed by atoms with Gasteiger partial charge in [-0.1, -0.05) is 18.2 Å². The van der Waals surface area contributed by atoms with E-state index >= 15 is 0 Å². The number of benzene rings is 1. The third kappa shape index (κ3) is 8.35. The lowest BCUT2D eigenvalue weighted by molar-refractivity contribution is 0.308. The average Bonchev–Trinajstić information content (AvgIpc) is 3.02. The van der Waals surface area contributed by atoms with Crippen LogP contribution in [0.1, 0.15) is 30.5 Å². The first-order valence-electron chi connectivity index (χ1n) is 8.77. The highest BCUT2D eigenvalue weighted by Gasteiger charge is 2.08. The van der Waals surface area contributed by atoms with Crippen molar-refractivity contribution in [3.63, 3.8) is 0 Å². The molecule has 2 aromatic rings. The lowest BCUT2D eigenvalue weighted by Gasteiger charge is -2.21. The summed E-state index contributed by atoms with van der Waals surface area (Å²) in [4.78, 5) is 11.4. The van der Waals surface area contributed by atoms with E-state index in [1.165, 1.54) is 0 Å². The minimum Gasteiger partial charge on any atom is -0.494 e. The summed E-state index contributed by atoms with van der Waals surface area (Å²) in [5.74, 6) is 1.86. The number of nitrogens with zero attached hydrogens (tertiary/aromatic N) is 3. The molecule has 0 unspecified atom stereocenters. The molecule has 0 saturated carbocycles. The second-order valence-corrected chi connectivity index (χ2v) is 6.88. The van der Waals surface area contributed by atoms with Crippen LogP contribution in [0.25, 0.3) is 0 Å². The fourth-order valence-electron chi connectivity index (χ4n) is 2.37. The fraction of sp³-hybridized carbons (Fsp3) is 0.474. The average molecular weight is 488 g/mol. The van der Waals surface area contributed by atoms with Crippen LogP contribution in [0.2, 0.25) is 0 Å². The third-order valence-corrected chi connectivity index (χ3v) is 4.41. The molecule has 0 aliphatic rings. The van der Waals surface area contributed by atoms with Crippen molar-refractivity contribution in [3.8, 4) is 5.75 Å². The molecule has 0 aliphatic heterocycles.